The molecule has 0 heterocycles. The summed E-state index contributed by atoms with van der Waals surface area (Å²) in [6, 6.07) is 8.39. The van der Waals surface area contributed by atoms with Crippen LogP contribution in [0.2, 0.25) is 0 Å². The molecule has 0 aromatic heterocycles. The van der Waals surface area contributed by atoms with Gasteiger partial charge in [-0.25, -0.2) is 0 Å². The molecule has 0 radical (unpaired) electrons. The van der Waals surface area contributed by atoms with Crippen LogP contribution in [-0.2, 0) is 0 Å². The fourth-order valence-electron chi connectivity index (χ4n) is 2.45. The molecule has 1 rings (SSSR count). The number of rotatable bonds is 13. The number of hydrogen-bond acceptors (Lipinski definition) is 2. The van der Waals surface area contributed by atoms with E-state index in [1.165, 1.54) is 69.1 Å². The zero-order chi connectivity index (χ0) is 15.2. The zero-order valence-corrected chi connectivity index (χ0v) is 14.7. The third-order valence-electron chi connectivity index (χ3n) is 3.83. The Balaban J connectivity index is 1.88. The molecular weight excluding hydrogens is 276 g/mol. The molecule has 0 fully saturated rings. The first kappa shape index (κ1) is 18.4. The normalized spacial score (nSPS) is 10.8. The first-order valence-corrected chi connectivity index (χ1v) is 9.86. The molecule has 0 saturated carbocycles. The summed E-state index contributed by atoms with van der Waals surface area (Å²) >= 11 is 1.77. The van der Waals surface area contributed by atoms with Crippen LogP contribution in [0.1, 0.15) is 71.1 Å². The summed E-state index contributed by atoms with van der Waals surface area (Å²) in [5.41, 5.74) is 0. The molecular formula is C19H32OS. The quantitative estimate of drug-likeness (QED) is 0.296. The number of hydrogen-bond donors (Lipinski definition) is 0. The van der Waals surface area contributed by atoms with Gasteiger partial charge in [0.1, 0.15) is 5.75 Å². The highest BCUT2D eigenvalue weighted by molar-refractivity contribution is 7.98. The number of thioether (sulfide) groups is 1. The van der Waals surface area contributed by atoms with Crippen LogP contribution in [0.15, 0.2) is 29.2 Å². The molecule has 0 aliphatic rings. The maximum absolute atomic E-state index is 5.77. The topological polar surface area (TPSA) is 9.23 Å². The second kappa shape index (κ2) is 13.1. The van der Waals surface area contributed by atoms with Crippen LogP contribution in [0.5, 0.6) is 5.75 Å². The third-order valence-corrected chi connectivity index (χ3v) is 4.57. The monoisotopic (exact) mass is 308 g/mol. The summed E-state index contributed by atoms with van der Waals surface area (Å²) in [7, 11) is 0. The van der Waals surface area contributed by atoms with Gasteiger partial charge < -0.3 is 4.74 Å². The molecule has 0 unspecified atom stereocenters. The predicted octanol–water partition coefficient (Wildman–Crippen LogP) is 6.71. The smallest absolute Gasteiger partial charge is 0.119 e. The molecule has 0 amide bonds. The van der Waals surface area contributed by atoms with Crippen LogP contribution in [0, 0.1) is 0 Å². The molecule has 0 atom stereocenters. The number of ether oxygens (including phenoxy) is 1. The highest BCUT2D eigenvalue weighted by Gasteiger charge is 1.96. The molecule has 120 valence electrons. The fourth-order valence-corrected chi connectivity index (χ4v) is 2.86. The van der Waals surface area contributed by atoms with E-state index in [0.717, 1.165) is 12.4 Å². The Bertz CT molecular complexity index is 334. The molecule has 0 bridgehead atoms. The van der Waals surface area contributed by atoms with Crippen LogP contribution < -0.4 is 4.74 Å². The fraction of sp³-hybridized carbons (Fsp3) is 0.684. The second-order valence-electron chi connectivity index (χ2n) is 5.71. The number of unbranched alkanes of at least 4 members (excludes halogenated alkanes) is 9. The lowest BCUT2D eigenvalue weighted by atomic mass is 10.1. The maximum Gasteiger partial charge on any atom is 0.119 e. The van der Waals surface area contributed by atoms with E-state index >= 15 is 0 Å². The molecule has 0 saturated heterocycles. The van der Waals surface area contributed by atoms with Crippen LogP contribution in [0.4, 0.5) is 0 Å². The minimum atomic E-state index is 0.856. The summed E-state index contributed by atoms with van der Waals surface area (Å²) in [5.74, 6) is 1.00. The van der Waals surface area contributed by atoms with Crippen molar-refractivity contribution in [3.05, 3.63) is 24.3 Å². The first-order valence-electron chi connectivity index (χ1n) is 8.63. The molecule has 1 nitrogen and oxygen atoms in total. The average Bonchev–Trinajstić information content (AvgIpc) is 2.53. The third kappa shape index (κ3) is 9.84. The Hall–Kier alpha value is -0.630. The van der Waals surface area contributed by atoms with Gasteiger partial charge in [-0.05, 0) is 36.9 Å². The standard InChI is InChI=1S/C19H32OS/c1-3-4-5-6-7-8-9-10-11-12-17-20-18-13-15-19(21-2)16-14-18/h13-16H,3-12,17H2,1-2H3. The molecule has 0 spiro atoms. The van der Waals surface area contributed by atoms with E-state index in [0.29, 0.717) is 0 Å². The van der Waals surface area contributed by atoms with Crippen molar-refractivity contribution >= 4 is 11.8 Å². The summed E-state index contributed by atoms with van der Waals surface area (Å²) in [4.78, 5) is 1.29. The van der Waals surface area contributed by atoms with Gasteiger partial charge in [-0.15, -0.1) is 11.8 Å². The van der Waals surface area contributed by atoms with Gasteiger partial charge in [0.25, 0.3) is 0 Å². The Morgan fingerprint density at radius 2 is 1.29 bits per heavy atom. The highest BCUT2D eigenvalue weighted by atomic mass is 32.2. The van der Waals surface area contributed by atoms with E-state index in [2.05, 4.69) is 37.4 Å². The van der Waals surface area contributed by atoms with Gasteiger partial charge in [0.15, 0.2) is 0 Å². The van der Waals surface area contributed by atoms with E-state index in [4.69, 9.17) is 4.74 Å². The van der Waals surface area contributed by atoms with Crippen molar-refractivity contribution in [1.29, 1.82) is 0 Å². The molecule has 0 aliphatic heterocycles. The lowest BCUT2D eigenvalue weighted by molar-refractivity contribution is 0.304. The molecule has 1 aromatic carbocycles. The van der Waals surface area contributed by atoms with Gasteiger partial charge >= 0.3 is 0 Å². The Morgan fingerprint density at radius 3 is 1.81 bits per heavy atom. The van der Waals surface area contributed by atoms with E-state index in [1.807, 2.05) is 0 Å². The van der Waals surface area contributed by atoms with Crippen LogP contribution in [0.25, 0.3) is 0 Å². The van der Waals surface area contributed by atoms with Crippen molar-refractivity contribution in [2.45, 2.75) is 76.0 Å². The summed E-state index contributed by atoms with van der Waals surface area (Å²) in [6.07, 6.45) is 15.8. The van der Waals surface area contributed by atoms with Gasteiger partial charge in [0.2, 0.25) is 0 Å². The van der Waals surface area contributed by atoms with Gasteiger partial charge in [0.05, 0.1) is 6.61 Å². The zero-order valence-electron chi connectivity index (χ0n) is 13.9. The average molecular weight is 309 g/mol. The van der Waals surface area contributed by atoms with Crippen LogP contribution in [-0.4, -0.2) is 12.9 Å². The van der Waals surface area contributed by atoms with Crippen molar-refractivity contribution in [2.75, 3.05) is 12.9 Å². The molecule has 0 N–H and O–H groups in total. The van der Waals surface area contributed by atoms with Crippen molar-refractivity contribution in [2.24, 2.45) is 0 Å². The van der Waals surface area contributed by atoms with Crippen LogP contribution in [0.3, 0.4) is 0 Å². The van der Waals surface area contributed by atoms with E-state index in [1.54, 1.807) is 11.8 Å². The summed E-state index contributed by atoms with van der Waals surface area (Å²) in [6.45, 7) is 3.13. The maximum atomic E-state index is 5.77. The van der Waals surface area contributed by atoms with Crippen molar-refractivity contribution in [3.8, 4) is 5.75 Å². The second-order valence-corrected chi connectivity index (χ2v) is 6.59. The lowest BCUT2D eigenvalue weighted by Gasteiger charge is -2.06. The molecule has 0 aliphatic carbocycles. The molecule has 2 heteroatoms. The lowest BCUT2D eigenvalue weighted by Crippen LogP contribution is -1.97. The largest absolute Gasteiger partial charge is 0.494 e. The summed E-state index contributed by atoms with van der Waals surface area (Å²) in [5, 5.41) is 0. The van der Waals surface area contributed by atoms with Gasteiger partial charge in [0, 0.05) is 4.90 Å². The minimum absolute atomic E-state index is 0.856. The SMILES string of the molecule is CCCCCCCCCCCCOc1ccc(SC)cc1. The van der Waals surface area contributed by atoms with E-state index in [9.17, 15) is 0 Å². The van der Waals surface area contributed by atoms with E-state index in [-0.39, 0.29) is 0 Å². The Morgan fingerprint density at radius 1 is 0.762 bits per heavy atom. The van der Waals surface area contributed by atoms with Gasteiger partial charge in [-0.2, -0.15) is 0 Å². The van der Waals surface area contributed by atoms with Crippen LogP contribution >= 0.6 is 11.8 Å². The predicted molar refractivity (Wildman–Crippen MR) is 95.6 cm³/mol. The molecule has 1 aromatic rings. The molecule has 21 heavy (non-hydrogen) atoms. The first-order chi connectivity index (χ1) is 10.4. The highest BCUT2D eigenvalue weighted by Crippen LogP contribution is 2.19. The minimum Gasteiger partial charge on any atom is -0.494 e. The summed E-state index contributed by atoms with van der Waals surface area (Å²) < 4.78 is 5.77. The van der Waals surface area contributed by atoms with Crippen molar-refractivity contribution in [3.63, 3.8) is 0 Å². The Kier molecular flexibility index (Phi) is 11.5. The van der Waals surface area contributed by atoms with Gasteiger partial charge in [-0.3, -0.25) is 0 Å². The van der Waals surface area contributed by atoms with Crippen molar-refractivity contribution < 1.29 is 4.74 Å². The van der Waals surface area contributed by atoms with Crippen molar-refractivity contribution in [1.82, 2.24) is 0 Å². The number of benzene rings is 1. The Labute approximate surface area is 135 Å². The van der Waals surface area contributed by atoms with E-state index < -0.39 is 0 Å². The van der Waals surface area contributed by atoms with Gasteiger partial charge in [-0.1, -0.05) is 64.7 Å².